The van der Waals surface area contributed by atoms with E-state index in [2.05, 4.69) is 51.2 Å². The Hall–Kier alpha value is 0.930. The monoisotopic (exact) mass is 345 g/mol. The molecule has 0 spiro atoms. The van der Waals surface area contributed by atoms with Crippen molar-refractivity contribution in [2.24, 2.45) is 0 Å². The second-order valence-corrected chi connectivity index (χ2v) is 10.9. The van der Waals surface area contributed by atoms with Crippen molar-refractivity contribution in [2.75, 3.05) is 0 Å². The van der Waals surface area contributed by atoms with E-state index in [9.17, 15) is 0 Å². The van der Waals surface area contributed by atoms with E-state index < -0.39 is 0 Å². The van der Waals surface area contributed by atoms with Crippen molar-refractivity contribution in [1.82, 2.24) is 16.0 Å². The van der Waals surface area contributed by atoms with Gasteiger partial charge in [0.05, 0.1) is 32.2 Å². The third-order valence-electron chi connectivity index (χ3n) is 4.90. The molecule has 0 aliphatic carbocycles. The lowest BCUT2D eigenvalue weighted by Crippen LogP contribution is -2.49. The van der Waals surface area contributed by atoms with Crippen LogP contribution in [0.4, 0.5) is 0 Å². The Kier molecular flexibility index (Phi) is 5.32. The normalized spacial score (nSPS) is 48.0. The molecule has 4 rings (SSSR count). The predicted octanol–water partition coefficient (Wildman–Crippen LogP) is 3.48. The van der Waals surface area contributed by atoms with Gasteiger partial charge >= 0.3 is 0 Å². The molecule has 21 heavy (non-hydrogen) atoms. The Morgan fingerprint density at radius 3 is 0.905 bits per heavy atom. The van der Waals surface area contributed by atoms with E-state index in [1.165, 1.54) is 57.8 Å². The summed E-state index contributed by atoms with van der Waals surface area (Å²) in [6, 6.07) is 0. The van der Waals surface area contributed by atoms with Gasteiger partial charge in [0.15, 0.2) is 0 Å². The summed E-state index contributed by atoms with van der Waals surface area (Å²) in [7, 11) is 0. The third kappa shape index (κ3) is 4.07. The molecule has 0 amide bonds. The molecule has 0 aromatic heterocycles. The van der Waals surface area contributed by atoms with Crippen LogP contribution >= 0.6 is 35.3 Å². The smallest absolute Gasteiger partial charge is 0.0556 e. The standard InChI is InChI=1S/C15H27N3S3/c1-4-10-16-11(5-1)20-13-7-3-9-15(18-13)21-14-8-2-6-12(17-14)19-10/h10-18H,1-9H2. The van der Waals surface area contributed by atoms with E-state index in [0.29, 0.717) is 32.2 Å². The minimum Gasteiger partial charge on any atom is -0.293 e. The van der Waals surface area contributed by atoms with Crippen molar-refractivity contribution >= 4 is 35.3 Å². The molecule has 4 aliphatic rings. The lowest BCUT2D eigenvalue weighted by atomic mass is 10.1. The first-order valence-electron chi connectivity index (χ1n) is 8.60. The lowest BCUT2D eigenvalue weighted by molar-refractivity contribution is 0.421. The zero-order valence-corrected chi connectivity index (χ0v) is 15.0. The van der Waals surface area contributed by atoms with Crippen LogP contribution in [0.25, 0.3) is 0 Å². The maximum absolute atomic E-state index is 3.92. The van der Waals surface area contributed by atoms with Gasteiger partial charge in [-0.25, -0.2) is 0 Å². The van der Waals surface area contributed by atoms with E-state index in [-0.39, 0.29) is 0 Å². The number of nitrogens with one attached hydrogen (secondary N) is 3. The number of hydrogen-bond acceptors (Lipinski definition) is 6. The maximum Gasteiger partial charge on any atom is 0.0556 e. The van der Waals surface area contributed by atoms with Crippen molar-refractivity contribution in [2.45, 2.75) is 90.0 Å². The highest BCUT2D eigenvalue weighted by atomic mass is 32.2. The molecule has 4 fully saturated rings. The molecule has 6 atom stereocenters. The van der Waals surface area contributed by atoms with E-state index in [0.717, 1.165) is 0 Å². The van der Waals surface area contributed by atoms with Crippen LogP contribution in [-0.2, 0) is 0 Å². The first-order valence-corrected chi connectivity index (χ1v) is 11.4. The van der Waals surface area contributed by atoms with Gasteiger partial charge in [0.25, 0.3) is 0 Å². The number of piperidine rings is 3. The van der Waals surface area contributed by atoms with Crippen LogP contribution in [-0.4, -0.2) is 32.2 Å². The molecule has 0 radical (unpaired) electrons. The Bertz CT molecular complexity index is 281. The van der Waals surface area contributed by atoms with Crippen molar-refractivity contribution in [1.29, 1.82) is 0 Å². The second-order valence-electron chi connectivity index (χ2n) is 6.63. The fourth-order valence-electron chi connectivity index (χ4n) is 3.83. The summed E-state index contributed by atoms with van der Waals surface area (Å²) < 4.78 is 0. The molecule has 4 aliphatic heterocycles. The molecule has 4 heterocycles. The fourth-order valence-corrected chi connectivity index (χ4v) is 8.55. The summed E-state index contributed by atoms with van der Waals surface area (Å²) in [6.45, 7) is 0. The molecule has 6 heteroatoms. The molecule has 0 aromatic carbocycles. The molecule has 3 N–H and O–H groups in total. The van der Waals surface area contributed by atoms with Gasteiger partial charge in [-0.3, -0.25) is 16.0 Å². The first kappa shape index (κ1) is 15.5. The van der Waals surface area contributed by atoms with Gasteiger partial charge in [-0.15, -0.1) is 35.3 Å². The highest BCUT2D eigenvalue weighted by molar-refractivity contribution is 8.02. The van der Waals surface area contributed by atoms with E-state index in [4.69, 9.17) is 0 Å². The van der Waals surface area contributed by atoms with Gasteiger partial charge in [0, 0.05) is 0 Å². The van der Waals surface area contributed by atoms with Crippen molar-refractivity contribution < 1.29 is 0 Å². The Labute approximate surface area is 141 Å². The summed E-state index contributed by atoms with van der Waals surface area (Å²) in [5.41, 5.74) is 0. The topological polar surface area (TPSA) is 36.1 Å². The minimum atomic E-state index is 0.663. The average Bonchev–Trinajstić information content (AvgIpc) is 2.47. The van der Waals surface area contributed by atoms with Gasteiger partial charge < -0.3 is 0 Å². The maximum atomic E-state index is 3.92. The molecule has 3 nitrogen and oxygen atoms in total. The van der Waals surface area contributed by atoms with Crippen LogP contribution in [0.1, 0.15) is 57.8 Å². The van der Waals surface area contributed by atoms with Crippen LogP contribution in [0.15, 0.2) is 0 Å². The lowest BCUT2D eigenvalue weighted by Gasteiger charge is -2.41. The first-order chi connectivity index (χ1) is 10.3. The number of thioether (sulfide) groups is 3. The Morgan fingerprint density at radius 1 is 0.429 bits per heavy atom. The summed E-state index contributed by atoms with van der Waals surface area (Å²) >= 11 is 6.52. The number of fused-ring (bicyclic) bond motifs is 6. The highest BCUT2D eigenvalue weighted by Crippen LogP contribution is 2.38. The summed E-state index contributed by atoms with van der Waals surface area (Å²) in [5.74, 6) is 0. The summed E-state index contributed by atoms with van der Waals surface area (Å²) in [5, 5.41) is 15.7. The van der Waals surface area contributed by atoms with Gasteiger partial charge in [0.1, 0.15) is 0 Å². The van der Waals surface area contributed by atoms with Crippen LogP contribution in [0.5, 0.6) is 0 Å². The second kappa shape index (κ2) is 7.22. The number of rotatable bonds is 0. The Morgan fingerprint density at radius 2 is 0.667 bits per heavy atom. The van der Waals surface area contributed by atoms with Gasteiger partial charge in [-0.2, -0.15) is 0 Å². The van der Waals surface area contributed by atoms with Crippen molar-refractivity contribution in [3.63, 3.8) is 0 Å². The van der Waals surface area contributed by atoms with Gasteiger partial charge in [0.2, 0.25) is 0 Å². The van der Waals surface area contributed by atoms with Gasteiger partial charge in [-0.1, -0.05) is 0 Å². The van der Waals surface area contributed by atoms with Crippen molar-refractivity contribution in [3.8, 4) is 0 Å². The van der Waals surface area contributed by atoms with Crippen LogP contribution in [0.2, 0.25) is 0 Å². The zero-order chi connectivity index (χ0) is 14.1. The van der Waals surface area contributed by atoms with E-state index >= 15 is 0 Å². The fraction of sp³-hybridized carbons (Fsp3) is 1.00. The molecular formula is C15H27N3S3. The third-order valence-corrected chi connectivity index (χ3v) is 9.10. The molecule has 6 bridgehead atoms. The van der Waals surface area contributed by atoms with Crippen LogP contribution in [0, 0.1) is 0 Å². The zero-order valence-electron chi connectivity index (χ0n) is 12.6. The molecule has 120 valence electrons. The SMILES string of the molecule is C1CC2NC(C1)SC1CCCC(N1)SC1CCCC(N1)S2. The highest BCUT2D eigenvalue weighted by Gasteiger charge is 2.33. The van der Waals surface area contributed by atoms with Crippen LogP contribution < -0.4 is 16.0 Å². The largest absolute Gasteiger partial charge is 0.293 e. The quantitative estimate of drug-likeness (QED) is 0.624. The Balaban J connectivity index is 1.49. The van der Waals surface area contributed by atoms with Gasteiger partial charge in [-0.05, 0) is 57.8 Å². The number of hydrogen-bond donors (Lipinski definition) is 3. The molecule has 4 saturated heterocycles. The molecule has 0 aromatic rings. The van der Waals surface area contributed by atoms with Crippen LogP contribution in [0.3, 0.4) is 0 Å². The summed E-state index contributed by atoms with van der Waals surface area (Å²) in [4.78, 5) is 0. The predicted molar refractivity (Wildman–Crippen MR) is 96.5 cm³/mol. The van der Waals surface area contributed by atoms with E-state index in [1.54, 1.807) is 0 Å². The van der Waals surface area contributed by atoms with Crippen molar-refractivity contribution in [3.05, 3.63) is 0 Å². The van der Waals surface area contributed by atoms with E-state index in [1.807, 2.05) is 0 Å². The summed E-state index contributed by atoms with van der Waals surface area (Å²) in [6.07, 6.45) is 12.3. The molecular weight excluding hydrogens is 318 g/mol. The average molecular weight is 346 g/mol. The molecule has 0 saturated carbocycles. The minimum absolute atomic E-state index is 0.663. The molecule has 6 unspecified atom stereocenters.